The normalized spacial score (nSPS) is 50.0. The maximum absolute atomic E-state index is 15.3. The first-order valence-electron chi connectivity index (χ1n) is 24.5. The van der Waals surface area contributed by atoms with Gasteiger partial charge in [-0.3, -0.25) is 15.5 Å². The van der Waals surface area contributed by atoms with Crippen LogP contribution < -0.4 is 11.1 Å². The number of hydrogen-bond donors (Lipinski definition) is 9. The van der Waals surface area contributed by atoms with Crippen molar-refractivity contribution in [3.63, 3.8) is 0 Å². The molecule has 1 radical (unpaired) electrons. The van der Waals surface area contributed by atoms with Crippen molar-refractivity contribution in [1.29, 1.82) is 0 Å². The Morgan fingerprint density at radius 3 is 2.24 bits per heavy atom. The molecule has 10 N–H and O–H groups in total. The third-order valence-corrected chi connectivity index (χ3v) is 18.7. The molecule has 17 nitrogen and oxygen atoms in total. The SMILES string of the molecule is C[C-]1[C@@H](O)CCC2(C)C3CC=C4C5CC(C)(C)CC[C@]5(C(=O)O[C@@H]5OC(CO)[C@H](NC(=O)CN)C(O)C5O[C@@H]5OC(C)[C@H](O[C@@H]6OC[C@@H](C)C(O)C6O)C(O)C5O)[CH-]C[C@@]4(C)[C@@]3(C)CC[C@@H]12.[V].[W]. The van der Waals surface area contributed by atoms with Crippen LogP contribution in [0.25, 0.3) is 0 Å². The van der Waals surface area contributed by atoms with Crippen LogP contribution in [0.1, 0.15) is 113 Å². The van der Waals surface area contributed by atoms with Gasteiger partial charge in [0.15, 0.2) is 18.7 Å². The maximum atomic E-state index is 15.3. The number of rotatable bonds is 9. The predicted molar refractivity (Wildman–Crippen MR) is 236 cm³/mol. The van der Waals surface area contributed by atoms with Crippen molar-refractivity contribution in [2.45, 2.75) is 199 Å². The molecule has 19 heteroatoms. The molecule has 7 fully saturated rings. The molecule has 0 bridgehead atoms. The summed E-state index contributed by atoms with van der Waals surface area (Å²) in [6, 6.07) is -1.31. The Bertz CT molecular complexity index is 1840. The van der Waals surface area contributed by atoms with Crippen LogP contribution in [0.2, 0.25) is 0 Å². The van der Waals surface area contributed by atoms with E-state index in [1.807, 2.05) is 0 Å². The number of aliphatic hydroxyl groups excluding tert-OH is 7. The summed E-state index contributed by atoms with van der Waals surface area (Å²) in [5, 5.41) is 80.0. The van der Waals surface area contributed by atoms with Gasteiger partial charge in [0.05, 0.1) is 38.0 Å². The molecule has 22 atom stereocenters. The van der Waals surface area contributed by atoms with Crippen LogP contribution in [0.15, 0.2) is 11.6 Å². The summed E-state index contributed by atoms with van der Waals surface area (Å²) < 4.78 is 36.5. The quantitative estimate of drug-likeness (QED) is 0.0901. The fourth-order valence-corrected chi connectivity index (χ4v) is 14.3. The van der Waals surface area contributed by atoms with Crippen molar-refractivity contribution in [2.24, 2.45) is 56.5 Å². The van der Waals surface area contributed by atoms with Crippen molar-refractivity contribution in [2.75, 3.05) is 19.8 Å². The van der Waals surface area contributed by atoms with Gasteiger partial charge in [-0.1, -0.05) is 84.0 Å². The molecule has 0 aromatic rings. The minimum Gasteiger partial charge on any atom is -0.434 e. The number of nitrogens with one attached hydrogen (secondary N) is 1. The molecule has 0 aromatic carbocycles. The van der Waals surface area contributed by atoms with Gasteiger partial charge < -0.3 is 81.6 Å². The number of carbonyl (C=O) groups excluding carboxylic acids is 2. The molecule has 68 heavy (non-hydrogen) atoms. The molecule has 5 aliphatic carbocycles. The number of ether oxygens (including phenoxy) is 6. The van der Waals surface area contributed by atoms with E-state index in [0.717, 1.165) is 44.9 Å². The Labute approximate surface area is 427 Å². The van der Waals surface area contributed by atoms with Crippen molar-refractivity contribution in [1.82, 2.24) is 5.32 Å². The predicted octanol–water partition coefficient (Wildman–Crippen LogP) is 1.54. The minimum atomic E-state index is -1.83. The van der Waals surface area contributed by atoms with Gasteiger partial charge in [-0.15, -0.1) is 0 Å². The summed E-state index contributed by atoms with van der Waals surface area (Å²) in [7, 11) is 0. The number of esters is 1. The second kappa shape index (κ2) is 21.0. The van der Waals surface area contributed by atoms with Gasteiger partial charge in [-0.25, -0.2) is 0 Å². The van der Waals surface area contributed by atoms with Crippen LogP contribution >= 0.6 is 0 Å². The fraction of sp³-hybridized carbons (Fsp3) is 0.878. The Morgan fingerprint density at radius 1 is 0.882 bits per heavy atom. The van der Waals surface area contributed by atoms with Crippen molar-refractivity contribution >= 4 is 11.9 Å². The molecule has 8 rings (SSSR count). The molecular weight excluding hydrogens is 1090 g/mol. The second-order valence-corrected chi connectivity index (χ2v) is 22.9. The summed E-state index contributed by atoms with van der Waals surface area (Å²) in [5.41, 5.74) is 5.39. The monoisotopic (exact) mass is 1170 g/mol. The van der Waals surface area contributed by atoms with E-state index in [1.165, 1.54) is 18.4 Å². The van der Waals surface area contributed by atoms with E-state index >= 15 is 4.79 Å². The molecule has 3 aliphatic heterocycles. The van der Waals surface area contributed by atoms with Crippen LogP contribution in [0, 0.1) is 63.1 Å². The topological polar surface area (TPSA) is 269 Å². The van der Waals surface area contributed by atoms with Gasteiger partial charge >= 0.3 is 0 Å². The molecule has 0 aromatic heterocycles. The Kier molecular flexibility index (Phi) is 17.5. The van der Waals surface area contributed by atoms with Crippen LogP contribution in [0.4, 0.5) is 0 Å². The second-order valence-electron chi connectivity index (χ2n) is 22.9. The largest absolute Gasteiger partial charge is 0.434 e. The number of hydrogen-bond acceptors (Lipinski definition) is 16. The number of amides is 1. The van der Waals surface area contributed by atoms with E-state index in [2.05, 4.69) is 59.4 Å². The number of allylic oxidation sites excluding steroid dienone is 2. The third-order valence-electron chi connectivity index (χ3n) is 18.7. The molecule has 3 heterocycles. The average molecular weight is 1170 g/mol. The summed E-state index contributed by atoms with van der Waals surface area (Å²) in [5.74, 6) is 0.101. The first-order chi connectivity index (χ1) is 31.0. The summed E-state index contributed by atoms with van der Waals surface area (Å²) in [4.78, 5) is 28.0. The van der Waals surface area contributed by atoms with Crippen LogP contribution in [-0.2, 0) is 77.6 Å². The van der Waals surface area contributed by atoms with E-state index in [4.69, 9.17) is 34.2 Å². The van der Waals surface area contributed by atoms with Crippen LogP contribution in [0.5, 0.6) is 0 Å². The van der Waals surface area contributed by atoms with Crippen molar-refractivity contribution in [3.05, 3.63) is 24.0 Å². The van der Waals surface area contributed by atoms with E-state index < -0.39 is 110 Å². The Hall–Kier alpha value is -0.567. The molecule has 8 aliphatic rings. The number of carbonyl (C=O) groups is 2. The number of fused-ring (bicyclic) bond motifs is 7. The molecule has 0 spiro atoms. The van der Waals surface area contributed by atoms with Gasteiger partial charge in [0.25, 0.3) is 5.97 Å². The molecule has 4 saturated carbocycles. The summed E-state index contributed by atoms with van der Waals surface area (Å²) in [6.45, 7) is 16.1. The van der Waals surface area contributed by atoms with E-state index in [-0.39, 0.29) is 85.8 Å². The molecular formula is C49H78N2O15VW-2. The Balaban J connectivity index is 0.00000381. The fourth-order valence-electron chi connectivity index (χ4n) is 14.3. The first kappa shape index (κ1) is 56.7. The summed E-state index contributed by atoms with van der Waals surface area (Å²) >= 11 is 0. The minimum absolute atomic E-state index is 0. The van der Waals surface area contributed by atoms with E-state index in [0.29, 0.717) is 24.7 Å². The van der Waals surface area contributed by atoms with Gasteiger partial charge in [-0.2, -0.15) is 19.3 Å². The molecule has 11 unspecified atom stereocenters. The zero-order chi connectivity index (χ0) is 48.1. The van der Waals surface area contributed by atoms with Gasteiger partial charge in [0.1, 0.15) is 36.6 Å². The number of aliphatic hydroxyl groups is 7. The smallest absolute Gasteiger partial charge is 0.284 e. The van der Waals surface area contributed by atoms with E-state index in [1.54, 1.807) is 6.92 Å². The average Bonchev–Trinajstić information content (AvgIpc) is 3.27. The zero-order valence-electron chi connectivity index (χ0n) is 40.9. The molecule has 3 saturated heterocycles. The summed E-state index contributed by atoms with van der Waals surface area (Å²) in [6.07, 6.45) is -6.31. The first-order valence-corrected chi connectivity index (χ1v) is 24.5. The van der Waals surface area contributed by atoms with Crippen LogP contribution in [0.3, 0.4) is 0 Å². The molecule has 387 valence electrons. The zero-order valence-corrected chi connectivity index (χ0v) is 45.2. The van der Waals surface area contributed by atoms with E-state index in [9.17, 15) is 40.5 Å². The maximum Gasteiger partial charge on any atom is 0.284 e. The van der Waals surface area contributed by atoms with Crippen LogP contribution in [-0.4, -0.2) is 153 Å². The Morgan fingerprint density at radius 2 is 1.56 bits per heavy atom. The number of nitrogens with two attached hydrogens (primary N) is 1. The third kappa shape index (κ3) is 9.46. The standard InChI is InChI=1S/C49H78N2O15.V.W/c1-23-22-61-41(37(58)34(23)55)64-39-25(3)62-42(38(59)36(39)57)65-40-35(56)33(51-32(54)20-50)30(21-52)63-43(40)66-44(60)49-17-15-45(4,5)19-28(49)27-9-10-31-46(6)13-12-29(53)24(2)26(46)11-14-48(31,8)47(27,7)16-18-49;;/h9,18,23,25-26,28-31,33-43,52-53,55-59H,10-17,19-22,50H2,1-8H3,(H,51,54);;/q-2;;/t23-,25?,26+,28?,29+,30?,31?,33+,34?,35?,36?,37?,38?,39+,40?,41+,42+,43+,46?,47-,48+,49+;;/m1../s1. The van der Waals surface area contributed by atoms with Crippen molar-refractivity contribution in [3.8, 4) is 0 Å². The molecule has 1 amide bonds. The van der Waals surface area contributed by atoms with Crippen molar-refractivity contribution < 1.29 is 113 Å². The van der Waals surface area contributed by atoms with Gasteiger partial charge in [-0.05, 0) is 72.5 Å². The van der Waals surface area contributed by atoms with Gasteiger partial charge in [0.2, 0.25) is 12.2 Å². The van der Waals surface area contributed by atoms with Gasteiger partial charge in [0, 0.05) is 45.5 Å².